The van der Waals surface area contributed by atoms with Crippen molar-refractivity contribution in [2.45, 2.75) is 309 Å². The Morgan fingerprint density at radius 2 is 0.525 bits per heavy atom. The molecule has 0 fully saturated rings. The maximum absolute atomic E-state index is 13.0. The third kappa shape index (κ3) is 76.1. The van der Waals surface area contributed by atoms with E-state index in [0.717, 1.165) is 180 Å². The number of aliphatic hydroxyl groups excluding tert-OH is 2. The quantitative estimate of drug-likeness (QED) is 0.0146. The molecule has 5 unspecified atom stereocenters. The SMILES string of the molecule is CC/C=C\C/C=C\C/C=C\C/C=C\C/C=C\CCCCCCCCCC(=O)OCC(COP(=O)(O)OCC(O)COP(=O)(O)OCC(O)COC(=O)CCCCCCCCCCC/C=C\C/C=C\C/C=C\C/C=C\CCCCC)OC(=O)CCCCCC/C=C\C/C=C\C/C=C\C/C=C\CC. The molecule has 0 aromatic carbocycles. The van der Waals surface area contributed by atoms with Gasteiger partial charge in [0, 0.05) is 19.3 Å². The van der Waals surface area contributed by atoms with Crippen molar-refractivity contribution in [3.63, 3.8) is 0 Å². The van der Waals surface area contributed by atoms with Crippen molar-refractivity contribution in [3.8, 4) is 0 Å². The molecule has 18 heteroatoms. The van der Waals surface area contributed by atoms with Gasteiger partial charge in [-0.3, -0.25) is 32.5 Å². The van der Waals surface area contributed by atoms with Crippen molar-refractivity contribution in [3.05, 3.63) is 158 Å². The van der Waals surface area contributed by atoms with Gasteiger partial charge in [-0.25, -0.2) is 9.13 Å². The van der Waals surface area contributed by atoms with E-state index < -0.39 is 91.5 Å². The molecule has 0 saturated carbocycles. The average Bonchev–Trinajstić information content (AvgIpc) is 0.941. The Bertz CT molecular complexity index is 2470. The molecule has 4 N–H and O–H groups in total. The Hall–Kier alpha value is -4.83. The number of hydrogen-bond acceptors (Lipinski definition) is 14. The number of ether oxygens (including phenoxy) is 3. The van der Waals surface area contributed by atoms with Crippen LogP contribution in [0.5, 0.6) is 0 Å². The lowest BCUT2D eigenvalue weighted by atomic mass is 10.1. The first-order chi connectivity index (χ1) is 49.2. The number of carbonyl (C=O) groups is 3. The number of carbonyl (C=O) groups excluding carboxylic acids is 3. The fraction of sp³-hybridized carbons (Fsp3) is 0.651. The zero-order valence-electron chi connectivity index (χ0n) is 62.8. The molecule has 101 heavy (non-hydrogen) atoms. The molecule has 576 valence electrons. The van der Waals surface area contributed by atoms with E-state index in [1.54, 1.807) is 0 Å². The van der Waals surface area contributed by atoms with Gasteiger partial charge in [0.05, 0.1) is 26.4 Å². The summed E-state index contributed by atoms with van der Waals surface area (Å²) in [7, 11) is -9.81. The molecule has 5 atom stereocenters. The van der Waals surface area contributed by atoms with Crippen molar-refractivity contribution < 1.29 is 75.8 Å². The predicted molar refractivity (Wildman–Crippen MR) is 417 cm³/mol. The van der Waals surface area contributed by atoms with Crippen LogP contribution in [0.3, 0.4) is 0 Å². The highest BCUT2D eigenvalue weighted by Gasteiger charge is 2.29. The molecule has 0 aliphatic carbocycles. The molecule has 0 bridgehead atoms. The van der Waals surface area contributed by atoms with E-state index in [2.05, 4.69) is 179 Å². The van der Waals surface area contributed by atoms with Gasteiger partial charge in [-0.2, -0.15) is 0 Å². The molecule has 0 aliphatic heterocycles. The molecule has 0 heterocycles. The van der Waals surface area contributed by atoms with Crippen molar-refractivity contribution >= 4 is 33.6 Å². The highest BCUT2D eigenvalue weighted by atomic mass is 31.2. The molecule has 0 amide bonds. The van der Waals surface area contributed by atoms with Crippen LogP contribution in [0.4, 0.5) is 0 Å². The Labute approximate surface area is 612 Å². The summed E-state index contributed by atoms with van der Waals surface area (Å²) in [4.78, 5) is 58.7. The topological polar surface area (TPSA) is 231 Å². The number of hydrogen-bond donors (Lipinski definition) is 4. The molecule has 16 nitrogen and oxygen atoms in total. The molecule has 0 aromatic rings. The second kappa shape index (κ2) is 74.9. The Balaban J connectivity index is 4.68. The van der Waals surface area contributed by atoms with E-state index in [4.69, 9.17) is 32.3 Å². The van der Waals surface area contributed by atoms with E-state index in [0.29, 0.717) is 19.3 Å². The minimum Gasteiger partial charge on any atom is -0.463 e. The van der Waals surface area contributed by atoms with Crippen LogP contribution in [0.15, 0.2) is 158 Å². The van der Waals surface area contributed by atoms with Gasteiger partial charge in [-0.05, 0) is 148 Å². The maximum atomic E-state index is 13.0. The summed E-state index contributed by atoms with van der Waals surface area (Å²) in [5.41, 5.74) is 0. The summed E-state index contributed by atoms with van der Waals surface area (Å²) in [5.74, 6) is -1.63. The van der Waals surface area contributed by atoms with Crippen molar-refractivity contribution in [2.75, 3.05) is 39.6 Å². The summed E-state index contributed by atoms with van der Waals surface area (Å²) >= 11 is 0. The van der Waals surface area contributed by atoms with Gasteiger partial charge in [0.1, 0.15) is 25.4 Å². The summed E-state index contributed by atoms with van der Waals surface area (Å²) in [5, 5.41) is 20.6. The second-order valence-electron chi connectivity index (χ2n) is 25.4. The molecule has 0 rings (SSSR count). The summed E-state index contributed by atoms with van der Waals surface area (Å²) in [6.45, 7) is 2.37. The Morgan fingerprint density at radius 1 is 0.287 bits per heavy atom. The fourth-order valence-electron chi connectivity index (χ4n) is 9.87. The van der Waals surface area contributed by atoms with E-state index in [-0.39, 0.29) is 19.3 Å². The number of phosphoric acid groups is 2. The van der Waals surface area contributed by atoms with Crippen LogP contribution in [-0.2, 0) is 55.8 Å². The lowest BCUT2D eigenvalue weighted by Crippen LogP contribution is -2.30. The highest BCUT2D eigenvalue weighted by Crippen LogP contribution is 2.45. The van der Waals surface area contributed by atoms with Gasteiger partial charge >= 0.3 is 33.6 Å². The largest absolute Gasteiger partial charge is 0.472 e. The first kappa shape index (κ1) is 96.2. The van der Waals surface area contributed by atoms with Crippen molar-refractivity contribution in [1.29, 1.82) is 0 Å². The van der Waals surface area contributed by atoms with Crippen LogP contribution in [0.1, 0.15) is 290 Å². The zero-order chi connectivity index (χ0) is 73.7. The molecule has 0 spiro atoms. The van der Waals surface area contributed by atoms with Crippen LogP contribution in [0.2, 0.25) is 0 Å². The third-order valence-electron chi connectivity index (χ3n) is 15.7. The first-order valence-electron chi connectivity index (χ1n) is 38.8. The first-order valence-corrected chi connectivity index (χ1v) is 41.8. The second-order valence-corrected chi connectivity index (χ2v) is 28.3. The van der Waals surface area contributed by atoms with E-state index in [9.17, 15) is 43.5 Å². The lowest BCUT2D eigenvalue weighted by Gasteiger charge is -2.21. The number of phosphoric ester groups is 2. The molecule has 0 radical (unpaired) electrons. The molecule has 0 aromatic heterocycles. The lowest BCUT2D eigenvalue weighted by molar-refractivity contribution is -0.161. The van der Waals surface area contributed by atoms with Gasteiger partial charge in [0.15, 0.2) is 6.10 Å². The van der Waals surface area contributed by atoms with Gasteiger partial charge in [-0.15, -0.1) is 0 Å². The number of allylic oxidation sites excluding steroid dienone is 26. The molecular formula is C83H138O16P2. The van der Waals surface area contributed by atoms with Crippen LogP contribution in [0, 0.1) is 0 Å². The molecule has 0 aliphatic rings. The van der Waals surface area contributed by atoms with Crippen LogP contribution < -0.4 is 0 Å². The predicted octanol–water partition coefficient (Wildman–Crippen LogP) is 22.6. The fourth-order valence-corrected chi connectivity index (χ4v) is 11.5. The van der Waals surface area contributed by atoms with Crippen LogP contribution >= 0.6 is 15.6 Å². The number of aliphatic hydroxyl groups is 2. The Kier molecular flexibility index (Phi) is 71.3. The number of rotatable bonds is 72. The van der Waals surface area contributed by atoms with Gasteiger partial charge in [0.2, 0.25) is 0 Å². The van der Waals surface area contributed by atoms with Crippen molar-refractivity contribution in [1.82, 2.24) is 0 Å². The molecule has 0 saturated heterocycles. The van der Waals surface area contributed by atoms with E-state index >= 15 is 0 Å². The standard InChI is InChI=1S/C83H138O16P2/c1-4-7-10-13-16-19-22-25-28-31-33-35-37-38-40-42-43-46-48-51-54-57-60-63-66-69-81(86)93-72-78(84)73-95-100(89,90)96-74-79(85)75-97-101(91,92)98-77-80(99-83(88)71-68-65-62-59-56-53-50-45-30-27-24-21-18-15-12-9-6-3)76-94-82(87)70-67-64-61-58-55-52-49-47-44-41-39-36-34-32-29-26-23-20-17-14-11-8-5-2/h8-9,11-12,16-21,25-30,33-36,38,40-41,44,50,53,78-80,84-85H,4-7,10,13-15,22-24,31-32,37,39,42-43,45-49,51-52,54-77H2,1-3H3,(H,89,90)(H,91,92)/b11-8-,12-9-,19-16-,20-17-,21-18-,28-25-,29-26-,30-27-,35-33-,36-34-,40-38-,44-41-,53-50-. The average molecular weight is 1450 g/mol. The van der Waals surface area contributed by atoms with Crippen molar-refractivity contribution in [2.24, 2.45) is 0 Å². The Morgan fingerprint density at radius 3 is 0.832 bits per heavy atom. The van der Waals surface area contributed by atoms with Crippen LogP contribution in [-0.4, -0.2) is 95.9 Å². The zero-order valence-corrected chi connectivity index (χ0v) is 64.6. The summed E-state index contributed by atoms with van der Waals surface area (Å²) in [6.07, 6.45) is 92.8. The van der Waals surface area contributed by atoms with E-state index in [1.807, 2.05) is 0 Å². The maximum Gasteiger partial charge on any atom is 0.472 e. The van der Waals surface area contributed by atoms with Crippen LogP contribution in [0.25, 0.3) is 0 Å². The minimum absolute atomic E-state index is 0.0681. The number of esters is 3. The van der Waals surface area contributed by atoms with Gasteiger partial charge in [0.25, 0.3) is 0 Å². The minimum atomic E-state index is -4.95. The summed E-state index contributed by atoms with van der Waals surface area (Å²) < 4.78 is 61.1. The van der Waals surface area contributed by atoms with Gasteiger partial charge < -0.3 is 34.2 Å². The number of unbranched alkanes of at least 4 members (excludes halogenated alkanes) is 23. The smallest absolute Gasteiger partial charge is 0.463 e. The highest BCUT2D eigenvalue weighted by molar-refractivity contribution is 7.47. The monoisotopic (exact) mass is 1450 g/mol. The normalized spacial score (nSPS) is 14.9. The van der Waals surface area contributed by atoms with Gasteiger partial charge in [-0.1, -0.05) is 281 Å². The van der Waals surface area contributed by atoms with E-state index in [1.165, 1.54) is 51.4 Å². The summed E-state index contributed by atoms with van der Waals surface area (Å²) in [6, 6.07) is 0. The third-order valence-corrected chi connectivity index (χ3v) is 17.6. The molecular weight excluding hydrogens is 1310 g/mol.